The first-order valence-corrected chi connectivity index (χ1v) is 8.16. The van der Waals surface area contributed by atoms with Crippen molar-refractivity contribution in [1.82, 2.24) is 9.47 Å². The van der Waals surface area contributed by atoms with E-state index in [0.717, 1.165) is 25.1 Å². The van der Waals surface area contributed by atoms with E-state index in [1.54, 1.807) is 17.7 Å². The molecule has 3 heteroatoms. The van der Waals surface area contributed by atoms with Crippen LogP contribution in [0.15, 0.2) is 53.5 Å². The highest BCUT2D eigenvalue weighted by Gasteiger charge is 2.24. The predicted molar refractivity (Wildman–Crippen MR) is 89.9 cm³/mol. The molecule has 1 aliphatic rings. The summed E-state index contributed by atoms with van der Waals surface area (Å²) in [6.07, 6.45) is 6.75. The Hall–Kier alpha value is -1.87. The third-order valence-corrected chi connectivity index (χ3v) is 4.66. The van der Waals surface area contributed by atoms with E-state index < -0.39 is 0 Å². The van der Waals surface area contributed by atoms with E-state index in [-0.39, 0.29) is 5.56 Å². The quantitative estimate of drug-likeness (QED) is 0.847. The predicted octanol–water partition coefficient (Wildman–Crippen LogP) is 2.98. The fraction of sp³-hybridized carbons (Fsp3) is 0.421. The van der Waals surface area contributed by atoms with Gasteiger partial charge in [0.15, 0.2) is 0 Å². The monoisotopic (exact) mass is 296 g/mol. The fourth-order valence-corrected chi connectivity index (χ4v) is 3.33. The van der Waals surface area contributed by atoms with Gasteiger partial charge in [-0.2, -0.15) is 0 Å². The van der Waals surface area contributed by atoms with Crippen molar-refractivity contribution in [1.29, 1.82) is 0 Å². The lowest BCUT2D eigenvalue weighted by Gasteiger charge is -2.24. The SMILES string of the molecule is Cn1ccc(CN2CCC[C@@H]2CCc2ccccc2)cc1=O. The first-order valence-electron chi connectivity index (χ1n) is 8.16. The van der Waals surface area contributed by atoms with Crippen molar-refractivity contribution in [3.8, 4) is 0 Å². The van der Waals surface area contributed by atoms with Gasteiger partial charge in [0, 0.05) is 31.9 Å². The normalized spacial score (nSPS) is 18.7. The van der Waals surface area contributed by atoms with Crippen LogP contribution in [0, 0.1) is 0 Å². The topological polar surface area (TPSA) is 25.2 Å². The first-order chi connectivity index (χ1) is 10.7. The Labute approximate surface area is 132 Å². The zero-order valence-corrected chi connectivity index (χ0v) is 13.2. The minimum absolute atomic E-state index is 0.0810. The molecule has 0 N–H and O–H groups in total. The maximum absolute atomic E-state index is 11.8. The number of pyridine rings is 1. The lowest BCUT2D eigenvalue weighted by Crippen LogP contribution is -2.30. The summed E-state index contributed by atoms with van der Waals surface area (Å²) in [7, 11) is 1.80. The largest absolute Gasteiger partial charge is 0.319 e. The molecule has 0 saturated carbocycles. The van der Waals surface area contributed by atoms with Crippen LogP contribution >= 0.6 is 0 Å². The molecule has 0 aliphatic carbocycles. The fourth-order valence-electron chi connectivity index (χ4n) is 3.33. The number of likely N-dealkylation sites (tertiary alicyclic amines) is 1. The molecule has 1 aliphatic heterocycles. The van der Waals surface area contributed by atoms with Crippen LogP contribution in [-0.2, 0) is 20.0 Å². The summed E-state index contributed by atoms with van der Waals surface area (Å²) < 4.78 is 1.63. The van der Waals surface area contributed by atoms with Crippen molar-refractivity contribution in [3.05, 3.63) is 70.1 Å². The van der Waals surface area contributed by atoms with E-state index in [4.69, 9.17) is 0 Å². The second kappa shape index (κ2) is 6.93. The molecule has 2 heterocycles. The summed E-state index contributed by atoms with van der Waals surface area (Å²) in [4.78, 5) is 14.3. The Morgan fingerprint density at radius 3 is 2.73 bits per heavy atom. The summed E-state index contributed by atoms with van der Waals surface area (Å²) in [6.45, 7) is 2.05. The van der Waals surface area contributed by atoms with Crippen LogP contribution in [0.4, 0.5) is 0 Å². The van der Waals surface area contributed by atoms with Gasteiger partial charge in [0.2, 0.25) is 0 Å². The van der Waals surface area contributed by atoms with Gasteiger partial charge in [-0.05, 0) is 49.4 Å². The van der Waals surface area contributed by atoms with Crippen LogP contribution < -0.4 is 5.56 Å². The van der Waals surface area contributed by atoms with Crippen molar-refractivity contribution in [2.75, 3.05) is 6.54 Å². The molecule has 0 unspecified atom stereocenters. The summed E-state index contributed by atoms with van der Waals surface area (Å²) in [5.41, 5.74) is 2.63. The molecule has 1 aromatic heterocycles. The molecular weight excluding hydrogens is 272 g/mol. The van der Waals surface area contributed by atoms with Crippen LogP contribution in [-0.4, -0.2) is 22.1 Å². The van der Waals surface area contributed by atoms with Gasteiger partial charge in [-0.25, -0.2) is 0 Å². The van der Waals surface area contributed by atoms with Crippen LogP contribution in [0.2, 0.25) is 0 Å². The number of rotatable bonds is 5. The van der Waals surface area contributed by atoms with Gasteiger partial charge >= 0.3 is 0 Å². The molecular formula is C19H24N2O. The molecule has 1 fully saturated rings. The van der Waals surface area contributed by atoms with Crippen LogP contribution in [0.25, 0.3) is 0 Å². The van der Waals surface area contributed by atoms with Crippen LogP contribution in [0.5, 0.6) is 0 Å². The number of hydrogen-bond donors (Lipinski definition) is 0. The van der Waals surface area contributed by atoms with Crippen molar-refractivity contribution in [3.63, 3.8) is 0 Å². The first kappa shape index (κ1) is 15.0. The number of hydrogen-bond acceptors (Lipinski definition) is 2. The van der Waals surface area contributed by atoms with Crippen LogP contribution in [0.3, 0.4) is 0 Å². The third kappa shape index (κ3) is 3.66. The molecule has 1 atom stereocenters. The van der Waals surface area contributed by atoms with E-state index >= 15 is 0 Å². The Morgan fingerprint density at radius 2 is 1.95 bits per heavy atom. The highest BCUT2D eigenvalue weighted by molar-refractivity contribution is 5.15. The van der Waals surface area contributed by atoms with E-state index in [1.807, 2.05) is 6.20 Å². The second-order valence-corrected chi connectivity index (χ2v) is 6.27. The lowest BCUT2D eigenvalue weighted by molar-refractivity contribution is 0.234. The van der Waals surface area contributed by atoms with Crippen molar-refractivity contribution in [2.45, 2.75) is 38.3 Å². The maximum Gasteiger partial charge on any atom is 0.250 e. The number of nitrogens with zero attached hydrogens (tertiary/aromatic N) is 2. The molecule has 2 aromatic rings. The minimum Gasteiger partial charge on any atom is -0.319 e. The molecule has 22 heavy (non-hydrogen) atoms. The maximum atomic E-state index is 11.8. The van der Waals surface area contributed by atoms with Crippen molar-refractivity contribution >= 4 is 0 Å². The molecule has 1 saturated heterocycles. The van der Waals surface area contributed by atoms with Gasteiger partial charge in [-0.15, -0.1) is 0 Å². The summed E-state index contributed by atoms with van der Waals surface area (Å²) in [5, 5.41) is 0. The Morgan fingerprint density at radius 1 is 1.14 bits per heavy atom. The number of benzene rings is 1. The van der Waals surface area contributed by atoms with Crippen LogP contribution in [0.1, 0.15) is 30.4 Å². The minimum atomic E-state index is 0.0810. The smallest absolute Gasteiger partial charge is 0.250 e. The van der Waals surface area contributed by atoms with Crippen molar-refractivity contribution in [2.24, 2.45) is 7.05 Å². The number of aryl methyl sites for hydroxylation is 2. The van der Waals surface area contributed by atoms with Gasteiger partial charge in [0.05, 0.1) is 0 Å². The average molecular weight is 296 g/mol. The molecule has 0 radical (unpaired) electrons. The van der Waals surface area contributed by atoms with E-state index in [9.17, 15) is 4.79 Å². The van der Waals surface area contributed by atoms with Gasteiger partial charge in [-0.1, -0.05) is 30.3 Å². The second-order valence-electron chi connectivity index (χ2n) is 6.27. The zero-order chi connectivity index (χ0) is 15.4. The molecule has 3 nitrogen and oxygen atoms in total. The highest BCUT2D eigenvalue weighted by atomic mass is 16.1. The molecule has 1 aromatic carbocycles. The summed E-state index contributed by atoms with van der Waals surface area (Å²) in [6, 6.07) is 15.2. The summed E-state index contributed by atoms with van der Waals surface area (Å²) >= 11 is 0. The van der Waals surface area contributed by atoms with Gasteiger partial charge < -0.3 is 4.57 Å². The molecule has 0 bridgehead atoms. The van der Waals surface area contributed by atoms with E-state index in [1.165, 1.54) is 24.8 Å². The van der Waals surface area contributed by atoms with E-state index in [2.05, 4.69) is 41.3 Å². The zero-order valence-electron chi connectivity index (χ0n) is 13.2. The number of aromatic nitrogens is 1. The molecule has 0 amide bonds. The van der Waals surface area contributed by atoms with E-state index in [0.29, 0.717) is 6.04 Å². The molecule has 116 valence electrons. The Bertz CT molecular complexity index is 663. The van der Waals surface area contributed by atoms with Gasteiger partial charge in [0.1, 0.15) is 0 Å². The van der Waals surface area contributed by atoms with Crippen molar-refractivity contribution < 1.29 is 0 Å². The Balaban J connectivity index is 1.60. The highest BCUT2D eigenvalue weighted by Crippen LogP contribution is 2.23. The average Bonchev–Trinajstić information content (AvgIpc) is 2.97. The molecule has 0 spiro atoms. The molecule has 3 rings (SSSR count). The van der Waals surface area contributed by atoms with Gasteiger partial charge in [-0.3, -0.25) is 9.69 Å². The van der Waals surface area contributed by atoms with Gasteiger partial charge in [0.25, 0.3) is 5.56 Å². The Kier molecular flexibility index (Phi) is 4.74. The lowest BCUT2D eigenvalue weighted by atomic mass is 10.0. The standard InChI is InChI=1S/C19H24N2O/c1-20-13-11-17(14-19(20)22)15-21-12-5-8-18(21)10-9-16-6-3-2-4-7-16/h2-4,6-7,11,13-14,18H,5,8-10,12,15H2,1H3/t18-/m1/s1. The summed E-state index contributed by atoms with van der Waals surface area (Å²) in [5.74, 6) is 0. The third-order valence-electron chi connectivity index (χ3n) is 4.66.